The Hall–Kier alpha value is -0.990. The van der Waals surface area contributed by atoms with Gasteiger partial charge in [-0.15, -0.1) is 0 Å². The molecule has 0 radical (unpaired) electrons. The van der Waals surface area contributed by atoms with Gasteiger partial charge in [-0.1, -0.05) is 20.8 Å². The monoisotopic (exact) mass is 180 g/mol. The molecule has 13 heavy (non-hydrogen) atoms. The van der Waals surface area contributed by atoms with Crippen LogP contribution >= 0.6 is 0 Å². The van der Waals surface area contributed by atoms with Gasteiger partial charge in [0.05, 0.1) is 12.3 Å². The first-order chi connectivity index (χ1) is 6.07. The van der Waals surface area contributed by atoms with Crippen LogP contribution in [0.25, 0.3) is 0 Å². The highest BCUT2D eigenvalue weighted by atomic mass is 16.5. The third kappa shape index (κ3) is 1.55. The Morgan fingerprint density at radius 1 is 1.38 bits per heavy atom. The molecule has 1 aliphatic heterocycles. The van der Waals surface area contributed by atoms with Gasteiger partial charge in [0.2, 0.25) is 5.88 Å². The maximum Gasteiger partial charge on any atom is 0.235 e. The fraction of sp³-hybridized carbons (Fsp3) is 0.700. The van der Waals surface area contributed by atoms with Crippen molar-refractivity contribution in [2.75, 3.05) is 6.61 Å². The standard InChI is InChI=1S/C10H16N2O/c1-10(2,3)9-11-7-5-4-6-13-8(7)12-9/h4-6H2,1-3H3,(H,11,12). The lowest BCUT2D eigenvalue weighted by Gasteiger charge is -2.13. The molecule has 3 heteroatoms. The highest BCUT2D eigenvalue weighted by Crippen LogP contribution is 2.27. The fourth-order valence-electron chi connectivity index (χ4n) is 1.46. The van der Waals surface area contributed by atoms with Crippen LogP contribution in [-0.4, -0.2) is 16.6 Å². The highest BCUT2D eigenvalue weighted by Gasteiger charge is 2.22. The molecule has 72 valence electrons. The van der Waals surface area contributed by atoms with E-state index in [2.05, 4.69) is 30.7 Å². The zero-order valence-electron chi connectivity index (χ0n) is 8.48. The van der Waals surface area contributed by atoms with E-state index < -0.39 is 0 Å². The van der Waals surface area contributed by atoms with Crippen LogP contribution in [-0.2, 0) is 11.8 Å². The maximum atomic E-state index is 5.46. The largest absolute Gasteiger partial charge is 0.476 e. The smallest absolute Gasteiger partial charge is 0.235 e. The van der Waals surface area contributed by atoms with Gasteiger partial charge >= 0.3 is 0 Å². The summed E-state index contributed by atoms with van der Waals surface area (Å²) in [5.41, 5.74) is 1.25. The number of aryl methyl sites for hydroxylation is 1. The predicted octanol–water partition coefficient (Wildman–Crippen LogP) is 2.03. The number of ether oxygens (including phenoxy) is 1. The number of imidazole rings is 1. The number of fused-ring (bicyclic) bond motifs is 1. The van der Waals surface area contributed by atoms with Crippen molar-refractivity contribution in [3.63, 3.8) is 0 Å². The van der Waals surface area contributed by atoms with Gasteiger partial charge in [-0.25, -0.2) is 0 Å². The summed E-state index contributed by atoms with van der Waals surface area (Å²) in [5, 5.41) is 0. The Kier molecular flexibility index (Phi) is 1.82. The second kappa shape index (κ2) is 2.76. The normalized spacial score (nSPS) is 16.5. The minimum atomic E-state index is 0.0840. The molecule has 1 aromatic heterocycles. The van der Waals surface area contributed by atoms with Gasteiger partial charge in [0, 0.05) is 5.41 Å². The molecule has 0 atom stereocenters. The lowest BCUT2D eigenvalue weighted by Crippen LogP contribution is -2.13. The molecule has 0 saturated heterocycles. The summed E-state index contributed by atoms with van der Waals surface area (Å²) >= 11 is 0. The molecule has 3 nitrogen and oxygen atoms in total. The molecule has 0 bridgehead atoms. The van der Waals surface area contributed by atoms with E-state index in [1.54, 1.807) is 0 Å². The Balaban J connectivity index is 2.36. The zero-order chi connectivity index (χ0) is 9.47. The van der Waals surface area contributed by atoms with Crippen molar-refractivity contribution >= 4 is 0 Å². The quantitative estimate of drug-likeness (QED) is 0.663. The summed E-state index contributed by atoms with van der Waals surface area (Å²) in [6.07, 6.45) is 2.16. The van der Waals surface area contributed by atoms with Crippen LogP contribution in [0.5, 0.6) is 5.88 Å². The number of hydrogen-bond acceptors (Lipinski definition) is 2. The first-order valence-corrected chi connectivity index (χ1v) is 4.79. The first-order valence-electron chi connectivity index (χ1n) is 4.79. The summed E-state index contributed by atoms with van der Waals surface area (Å²) in [5.74, 6) is 1.84. The Bertz CT molecular complexity index is 286. The topological polar surface area (TPSA) is 37.9 Å². The van der Waals surface area contributed by atoms with Crippen molar-refractivity contribution in [1.29, 1.82) is 0 Å². The van der Waals surface area contributed by atoms with Crippen molar-refractivity contribution < 1.29 is 4.74 Å². The van der Waals surface area contributed by atoms with Crippen LogP contribution < -0.4 is 4.74 Å². The van der Waals surface area contributed by atoms with Gasteiger partial charge in [0.25, 0.3) is 0 Å². The molecule has 0 aliphatic carbocycles. The van der Waals surface area contributed by atoms with Gasteiger partial charge in [-0.05, 0) is 12.8 Å². The maximum absolute atomic E-state index is 5.46. The van der Waals surface area contributed by atoms with E-state index in [4.69, 9.17) is 4.74 Å². The van der Waals surface area contributed by atoms with E-state index in [0.29, 0.717) is 0 Å². The van der Waals surface area contributed by atoms with Crippen molar-refractivity contribution in [3.05, 3.63) is 11.5 Å². The van der Waals surface area contributed by atoms with Crippen LogP contribution in [0.3, 0.4) is 0 Å². The van der Waals surface area contributed by atoms with Gasteiger partial charge in [0.15, 0.2) is 0 Å². The van der Waals surface area contributed by atoms with Gasteiger partial charge in [-0.2, -0.15) is 4.98 Å². The Morgan fingerprint density at radius 2 is 2.15 bits per heavy atom. The molecule has 0 amide bonds. The van der Waals surface area contributed by atoms with Crippen LogP contribution in [0.2, 0.25) is 0 Å². The number of nitrogens with zero attached hydrogens (tertiary/aromatic N) is 1. The van der Waals surface area contributed by atoms with E-state index in [1.165, 1.54) is 0 Å². The fourth-order valence-corrected chi connectivity index (χ4v) is 1.46. The number of H-pyrrole nitrogens is 1. The summed E-state index contributed by atoms with van der Waals surface area (Å²) in [4.78, 5) is 7.78. The predicted molar refractivity (Wildman–Crippen MR) is 51.1 cm³/mol. The first kappa shape index (κ1) is 8.60. The number of nitrogens with one attached hydrogen (secondary N) is 1. The highest BCUT2D eigenvalue weighted by molar-refractivity contribution is 5.25. The summed E-state index contributed by atoms with van der Waals surface area (Å²) in [7, 11) is 0. The van der Waals surface area contributed by atoms with Gasteiger partial charge in [-0.3, -0.25) is 0 Å². The molecule has 1 aromatic rings. The van der Waals surface area contributed by atoms with E-state index in [1.807, 2.05) is 0 Å². The van der Waals surface area contributed by atoms with Crippen molar-refractivity contribution in [2.45, 2.75) is 39.0 Å². The molecule has 0 unspecified atom stereocenters. The molecule has 0 spiro atoms. The molecular formula is C10H16N2O. The minimum absolute atomic E-state index is 0.0840. The molecule has 0 fully saturated rings. The molecular weight excluding hydrogens is 164 g/mol. The van der Waals surface area contributed by atoms with Crippen molar-refractivity contribution in [1.82, 2.24) is 9.97 Å². The SMILES string of the molecule is CC(C)(C)c1nc2c([nH]1)CCCO2. The lowest BCUT2D eigenvalue weighted by atomic mass is 9.96. The number of rotatable bonds is 0. The van der Waals surface area contributed by atoms with Gasteiger partial charge in [0.1, 0.15) is 5.82 Å². The van der Waals surface area contributed by atoms with Crippen LogP contribution in [0.1, 0.15) is 38.7 Å². The molecule has 1 N–H and O–H groups in total. The van der Waals surface area contributed by atoms with Crippen LogP contribution in [0.4, 0.5) is 0 Å². The Labute approximate surface area is 78.5 Å². The third-order valence-corrected chi connectivity index (χ3v) is 2.26. The molecule has 2 heterocycles. The van der Waals surface area contributed by atoms with Crippen LogP contribution in [0.15, 0.2) is 0 Å². The average Bonchev–Trinajstić information content (AvgIpc) is 2.45. The van der Waals surface area contributed by atoms with Crippen molar-refractivity contribution in [3.8, 4) is 5.88 Å². The lowest BCUT2D eigenvalue weighted by molar-refractivity contribution is 0.277. The minimum Gasteiger partial charge on any atom is -0.476 e. The third-order valence-electron chi connectivity index (χ3n) is 2.26. The molecule has 1 aliphatic rings. The number of aromatic amines is 1. The Morgan fingerprint density at radius 3 is 2.77 bits per heavy atom. The van der Waals surface area contributed by atoms with E-state index in [9.17, 15) is 0 Å². The number of aromatic nitrogens is 2. The van der Waals surface area contributed by atoms with E-state index in [0.717, 1.165) is 36.8 Å². The van der Waals surface area contributed by atoms with E-state index >= 15 is 0 Å². The summed E-state index contributed by atoms with van der Waals surface area (Å²) in [6.45, 7) is 7.26. The van der Waals surface area contributed by atoms with Crippen molar-refractivity contribution in [2.24, 2.45) is 0 Å². The number of hydrogen-bond donors (Lipinski definition) is 1. The van der Waals surface area contributed by atoms with Crippen LogP contribution in [0, 0.1) is 0 Å². The summed E-state index contributed by atoms with van der Waals surface area (Å²) in [6, 6.07) is 0. The molecule has 0 aromatic carbocycles. The second-order valence-corrected chi connectivity index (χ2v) is 4.57. The second-order valence-electron chi connectivity index (χ2n) is 4.57. The summed E-state index contributed by atoms with van der Waals surface area (Å²) < 4.78 is 5.46. The van der Waals surface area contributed by atoms with Gasteiger partial charge < -0.3 is 9.72 Å². The molecule has 2 rings (SSSR count). The molecule has 0 saturated carbocycles. The zero-order valence-corrected chi connectivity index (χ0v) is 8.48. The van der Waals surface area contributed by atoms with E-state index in [-0.39, 0.29) is 5.41 Å². The average molecular weight is 180 g/mol.